The number of unbranched alkanes of at least 4 members (excludes halogenated alkanes) is 2. The molecule has 142 valence electrons. The molecule has 1 aromatic heterocycles. The first-order valence-corrected chi connectivity index (χ1v) is 9.60. The van der Waals surface area contributed by atoms with Crippen LogP contribution in [0.3, 0.4) is 0 Å². The largest absolute Gasteiger partial charge is 0.497 e. The monoisotopic (exact) mass is 386 g/mol. The van der Waals surface area contributed by atoms with Gasteiger partial charge < -0.3 is 4.74 Å². The van der Waals surface area contributed by atoms with Gasteiger partial charge >= 0.3 is 5.69 Å². The average molecular weight is 387 g/mol. The van der Waals surface area contributed by atoms with Crippen molar-refractivity contribution in [3.8, 4) is 5.75 Å². The third-order valence-corrected chi connectivity index (χ3v) is 4.91. The lowest BCUT2D eigenvalue weighted by Gasteiger charge is -2.14. The minimum Gasteiger partial charge on any atom is -0.497 e. The minimum atomic E-state index is -0.277. The Morgan fingerprint density at radius 3 is 2.37 bits per heavy atom. The summed E-state index contributed by atoms with van der Waals surface area (Å²) in [7, 11) is 1.60. The first-order valence-electron chi connectivity index (χ1n) is 9.07. The summed E-state index contributed by atoms with van der Waals surface area (Å²) in [6, 6.07) is 14.7. The third-order valence-electron chi connectivity index (χ3n) is 4.65. The summed E-state index contributed by atoms with van der Waals surface area (Å²) in [5.41, 5.74) is 1.02. The molecule has 3 rings (SSSR count). The molecule has 0 radical (unpaired) electrons. The summed E-state index contributed by atoms with van der Waals surface area (Å²) in [4.78, 5) is 26.0. The summed E-state index contributed by atoms with van der Waals surface area (Å²) in [6.45, 7) is 0.799. The first kappa shape index (κ1) is 19.2. The molecule has 5 nitrogen and oxygen atoms in total. The van der Waals surface area contributed by atoms with Crippen molar-refractivity contribution in [1.82, 2.24) is 9.13 Å². The Morgan fingerprint density at radius 1 is 0.926 bits per heavy atom. The van der Waals surface area contributed by atoms with Crippen molar-refractivity contribution in [3.05, 3.63) is 74.9 Å². The predicted octanol–water partition coefficient (Wildman–Crippen LogP) is 3.63. The zero-order chi connectivity index (χ0) is 19.2. The van der Waals surface area contributed by atoms with E-state index in [0.717, 1.165) is 30.6 Å². The molecule has 0 N–H and O–H groups in total. The molecule has 0 spiro atoms. The molecule has 3 aromatic rings. The van der Waals surface area contributed by atoms with Crippen molar-refractivity contribution < 1.29 is 4.74 Å². The van der Waals surface area contributed by atoms with Crippen LogP contribution >= 0.6 is 11.6 Å². The number of fused-ring (bicyclic) bond motifs is 1. The molecule has 2 aromatic carbocycles. The number of para-hydroxylation sites is 1. The van der Waals surface area contributed by atoms with E-state index in [1.165, 1.54) is 4.57 Å². The van der Waals surface area contributed by atoms with Gasteiger partial charge in [0.05, 0.1) is 24.6 Å². The Balaban J connectivity index is 2.03. The molecular weight excluding hydrogens is 364 g/mol. The summed E-state index contributed by atoms with van der Waals surface area (Å²) in [6.07, 6.45) is 2.71. The number of hydrogen-bond acceptors (Lipinski definition) is 3. The van der Waals surface area contributed by atoms with Crippen molar-refractivity contribution >= 4 is 22.5 Å². The molecular formula is C21H23ClN2O3. The molecule has 0 saturated heterocycles. The van der Waals surface area contributed by atoms with Crippen LogP contribution in [0, 0.1) is 0 Å². The molecule has 6 heteroatoms. The highest BCUT2D eigenvalue weighted by molar-refractivity contribution is 6.17. The highest BCUT2D eigenvalue weighted by Crippen LogP contribution is 2.13. The van der Waals surface area contributed by atoms with Gasteiger partial charge in [-0.05, 0) is 42.7 Å². The van der Waals surface area contributed by atoms with Crippen molar-refractivity contribution in [1.29, 1.82) is 0 Å². The molecule has 0 saturated carbocycles. The lowest BCUT2D eigenvalue weighted by molar-refractivity contribution is 0.414. The molecule has 27 heavy (non-hydrogen) atoms. The summed E-state index contributed by atoms with van der Waals surface area (Å²) < 4.78 is 8.18. The van der Waals surface area contributed by atoms with Crippen LogP contribution in [-0.4, -0.2) is 22.1 Å². The Bertz CT molecular complexity index is 1020. The molecule has 0 atom stereocenters. The van der Waals surface area contributed by atoms with Crippen LogP contribution in [-0.2, 0) is 13.1 Å². The number of halogens is 1. The SMILES string of the molecule is COc1ccc(Cn2c(=O)c3ccccc3n(CCCCCCl)c2=O)cc1. The zero-order valence-electron chi connectivity index (χ0n) is 15.4. The second-order valence-electron chi connectivity index (χ2n) is 6.44. The van der Waals surface area contributed by atoms with Gasteiger partial charge in [0.1, 0.15) is 5.75 Å². The molecule has 0 fully saturated rings. The second-order valence-corrected chi connectivity index (χ2v) is 6.82. The Labute approximate surface area is 162 Å². The maximum atomic E-state index is 13.1. The second kappa shape index (κ2) is 8.91. The van der Waals surface area contributed by atoms with Crippen molar-refractivity contribution in [2.45, 2.75) is 32.4 Å². The number of aromatic nitrogens is 2. The summed E-state index contributed by atoms with van der Waals surface area (Å²) in [5.74, 6) is 1.35. The predicted molar refractivity (Wildman–Crippen MR) is 109 cm³/mol. The van der Waals surface area contributed by atoms with Crippen LogP contribution in [0.2, 0.25) is 0 Å². The van der Waals surface area contributed by atoms with Gasteiger partial charge in [0.2, 0.25) is 0 Å². The van der Waals surface area contributed by atoms with Gasteiger partial charge in [0.25, 0.3) is 5.56 Å². The van der Waals surface area contributed by atoms with Crippen molar-refractivity contribution in [2.75, 3.05) is 13.0 Å². The Hall–Kier alpha value is -2.53. The Kier molecular flexibility index (Phi) is 6.35. The molecule has 0 unspecified atom stereocenters. The highest BCUT2D eigenvalue weighted by Gasteiger charge is 2.13. The topological polar surface area (TPSA) is 53.2 Å². The van der Waals surface area contributed by atoms with Gasteiger partial charge in [0, 0.05) is 12.4 Å². The van der Waals surface area contributed by atoms with Gasteiger partial charge in [-0.1, -0.05) is 30.7 Å². The van der Waals surface area contributed by atoms with Gasteiger partial charge in [-0.3, -0.25) is 13.9 Å². The van der Waals surface area contributed by atoms with E-state index in [0.29, 0.717) is 23.3 Å². The standard InChI is InChI=1S/C21H23ClN2O3/c1-27-17-11-9-16(10-12-17)15-24-20(25)18-7-3-4-8-19(18)23(21(24)26)14-6-2-5-13-22/h3-4,7-12H,2,5-6,13-15H2,1H3. The van der Waals surface area contributed by atoms with E-state index in [9.17, 15) is 9.59 Å². The van der Waals surface area contributed by atoms with E-state index >= 15 is 0 Å². The maximum absolute atomic E-state index is 13.1. The molecule has 1 heterocycles. The fourth-order valence-corrected chi connectivity index (χ4v) is 3.37. The fourth-order valence-electron chi connectivity index (χ4n) is 3.18. The molecule has 0 aliphatic heterocycles. The van der Waals surface area contributed by atoms with Crippen LogP contribution in [0.15, 0.2) is 58.1 Å². The number of aryl methyl sites for hydroxylation is 1. The van der Waals surface area contributed by atoms with Crippen LogP contribution in [0.4, 0.5) is 0 Å². The highest BCUT2D eigenvalue weighted by atomic mass is 35.5. The van der Waals surface area contributed by atoms with Crippen LogP contribution in [0.25, 0.3) is 10.9 Å². The number of benzene rings is 2. The number of rotatable bonds is 8. The van der Waals surface area contributed by atoms with Gasteiger partial charge in [0.15, 0.2) is 0 Å². The van der Waals surface area contributed by atoms with Crippen LogP contribution in [0.1, 0.15) is 24.8 Å². The number of methoxy groups -OCH3 is 1. The molecule has 0 aliphatic rings. The van der Waals surface area contributed by atoms with E-state index in [2.05, 4.69) is 0 Å². The smallest absolute Gasteiger partial charge is 0.331 e. The maximum Gasteiger partial charge on any atom is 0.331 e. The van der Waals surface area contributed by atoms with E-state index in [-0.39, 0.29) is 17.8 Å². The molecule has 0 aliphatic carbocycles. The van der Waals surface area contributed by atoms with E-state index in [1.54, 1.807) is 17.7 Å². The zero-order valence-corrected chi connectivity index (χ0v) is 16.1. The molecule has 0 bridgehead atoms. The lowest BCUT2D eigenvalue weighted by Crippen LogP contribution is -2.40. The summed E-state index contributed by atoms with van der Waals surface area (Å²) in [5, 5.41) is 0.558. The fraction of sp³-hybridized carbons (Fsp3) is 0.333. The normalized spacial score (nSPS) is 11.0. The van der Waals surface area contributed by atoms with Crippen molar-refractivity contribution in [2.24, 2.45) is 0 Å². The van der Waals surface area contributed by atoms with E-state index in [1.807, 2.05) is 42.5 Å². The van der Waals surface area contributed by atoms with Gasteiger partial charge in [-0.25, -0.2) is 4.79 Å². The molecule has 0 amide bonds. The quantitative estimate of drug-likeness (QED) is 0.439. The number of nitrogens with zero attached hydrogens (tertiary/aromatic N) is 2. The number of hydrogen-bond donors (Lipinski definition) is 0. The van der Waals surface area contributed by atoms with Crippen molar-refractivity contribution in [3.63, 3.8) is 0 Å². The van der Waals surface area contributed by atoms with Gasteiger partial charge in [-0.2, -0.15) is 0 Å². The van der Waals surface area contributed by atoms with E-state index in [4.69, 9.17) is 16.3 Å². The number of ether oxygens (including phenoxy) is 1. The number of alkyl halides is 1. The third kappa shape index (κ3) is 4.25. The first-order chi connectivity index (χ1) is 13.2. The van der Waals surface area contributed by atoms with Crippen LogP contribution < -0.4 is 16.0 Å². The average Bonchev–Trinajstić information content (AvgIpc) is 2.71. The lowest BCUT2D eigenvalue weighted by atomic mass is 10.2. The van der Waals surface area contributed by atoms with E-state index < -0.39 is 0 Å². The summed E-state index contributed by atoms with van der Waals surface area (Å²) >= 11 is 5.74. The van der Waals surface area contributed by atoms with Crippen LogP contribution in [0.5, 0.6) is 5.75 Å². The van der Waals surface area contributed by atoms with Gasteiger partial charge in [-0.15, -0.1) is 11.6 Å². The Morgan fingerprint density at radius 2 is 1.67 bits per heavy atom. The minimum absolute atomic E-state index is 0.230.